The van der Waals surface area contributed by atoms with Crippen LogP contribution in [0.5, 0.6) is 0 Å². The molecule has 10 heteroatoms. The van der Waals surface area contributed by atoms with Crippen LogP contribution in [0, 0.1) is 61.4 Å². The van der Waals surface area contributed by atoms with Gasteiger partial charge in [-0.25, -0.2) is 0 Å². The molecular weight excluding hydrogens is 346 g/mol. The molecule has 0 atom stereocenters. The second-order valence-electron chi connectivity index (χ2n) is 1.80. The molecule has 16 heavy (non-hydrogen) atoms. The van der Waals surface area contributed by atoms with Gasteiger partial charge in [-0.2, -0.15) is 0 Å². The number of rotatable bonds is 0. The van der Waals surface area contributed by atoms with E-state index in [0.717, 1.165) is 29.8 Å². The van der Waals surface area contributed by atoms with Crippen molar-refractivity contribution in [3.63, 3.8) is 0 Å². The van der Waals surface area contributed by atoms with Crippen LogP contribution in [0.4, 0.5) is 0 Å². The van der Waals surface area contributed by atoms with Crippen molar-refractivity contribution in [2.24, 2.45) is 0 Å². The van der Waals surface area contributed by atoms with Crippen LogP contribution in [0.25, 0.3) is 0 Å². The summed E-state index contributed by atoms with van der Waals surface area (Å²) in [6, 6.07) is 0. The van der Waals surface area contributed by atoms with Crippen molar-refractivity contribution in [2.75, 3.05) is 0 Å². The summed E-state index contributed by atoms with van der Waals surface area (Å²) in [5.41, 5.74) is 0. The Morgan fingerprint density at radius 1 is 0.562 bits per heavy atom. The molecule has 0 spiro atoms. The Morgan fingerprint density at radius 3 is 0.688 bits per heavy atom. The molecule has 0 aliphatic carbocycles. The molecule has 0 aliphatic heterocycles. The molecule has 0 unspecified atom stereocenters. The third-order valence-electron chi connectivity index (χ3n) is 1.19. The molecule has 0 aromatic carbocycles. The summed E-state index contributed by atoms with van der Waals surface area (Å²) in [5.74, 6) is 0. The summed E-state index contributed by atoms with van der Waals surface area (Å²) in [6.45, 7) is 0. The summed E-state index contributed by atoms with van der Waals surface area (Å²) in [7, 11) is -6.17. The monoisotopic (exact) mass is 347 g/mol. The van der Waals surface area contributed by atoms with Gasteiger partial charge < -0.3 is 0 Å². The van der Waals surface area contributed by atoms with Crippen molar-refractivity contribution >= 4 is 29.6 Å². The van der Waals surface area contributed by atoms with Gasteiger partial charge in [0.2, 0.25) is 0 Å². The van der Waals surface area contributed by atoms with Crippen molar-refractivity contribution in [2.45, 2.75) is 0 Å². The normalized spacial score (nSPS) is 10.9. The molecule has 0 aliphatic rings. The fraction of sp³-hybridized carbons (Fsp3) is 0. The molecule has 0 heterocycles. The molecule has 0 bridgehead atoms. The minimum absolute atomic E-state index is 0. The van der Waals surface area contributed by atoms with E-state index < -0.39 is 10.7 Å². The van der Waals surface area contributed by atoms with Crippen LogP contribution in [-0.4, -0.2) is 29.6 Å². The van der Waals surface area contributed by atoms with E-state index in [1.54, 1.807) is 0 Å². The van der Waals surface area contributed by atoms with Gasteiger partial charge in [-0.15, -0.1) is 0 Å². The van der Waals surface area contributed by atoms with Gasteiger partial charge in [-0.05, 0) is 0 Å². The van der Waals surface area contributed by atoms with Crippen LogP contribution in [0.2, 0.25) is 0 Å². The molecular formula is C6HFe2MnN6Na. The number of nitriles is 6. The van der Waals surface area contributed by atoms with Gasteiger partial charge in [0.25, 0.3) is 0 Å². The first-order valence-electron chi connectivity index (χ1n) is 2.40. The van der Waals surface area contributed by atoms with Gasteiger partial charge in [-0.3, -0.25) is 0 Å². The zero-order chi connectivity index (χ0) is 10.7. The topological polar surface area (TPSA) is 143 Å². The van der Waals surface area contributed by atoms with Crippen molar-refractivity contribution in [3.05, 3.63) is 0 Å². The van der Waals surface area contributed by atoms with Gasteiger partial charge >= 0.3 is 102 Å². The number of hydrogen-bond donors (Lipinski definition) is 0. The number of hydrogen-bond acceptors (Lipinski definition) is 6. The third kappa shape index (κ3) is 2.42. The predicted molar refractivity (Wildman–Crippen MR) is 40.8 cm³/mol. The molecule has 0 saturated heterocycles. The van der Waals surface area contributed by atoms with E-state index in [-0.39, 0.29) is 63.7 Å². The van der Waals surface area contributed by atoms with Crippen molar-refractivity contribution < 1.29 is 44.9 Å². The first-order valence-corrected chi connectivity index (χ1v) is 5.71. The Balaban J connectivity index is -0.000000240. The van der Waals surface area contributed by atoms with Crippen molar-refractivity contribution in [3.8, 4) is 29.8 Å². The molecule has 0 fully saturated rings. The van der Waals surface area contributed by atoms with Crippen LogP contribution in [0.3, 0.4) is 0 Å². The third-order valence-corrected chi connectivity index (χ3v) is 4.89. The molecule has 0 aromatic rings. The Kier molecular flexibility index (Phi) is 9.68. The molecule has 0 rings (SSSR count). The van der Waals surface area contributed by atoms with E-state index in [1.807, 2.05) is 0 Å². The summed E-state index contributed by atoms with van der Waals surface area (Å²) < 4.78 is 0. The van der Waals surface area contributed by atoms with Crippen LogP contribution >= 0.6 is 0 Å². The van der Waals surface area contributed by atoms with E-state index in [1.165, 1.54) is 0 Å². The SMILES string of the molecule is N#[C][Fe]([C]#N)([C]#N)([C]#N)([C]#N)[C]#N.[Fe].[Mn].[NaH]. The summed E-state index contributed by atoms with van der Waals surface area (Å²) in [4.78, 5) is 6.19. The first-order chi connectivity index (χ1) is 5.97. The van der Waals surface area contributed by atoms with E-state index in [4.69, 9.17) is 31.6 Å². The van der Waals surface area contributed by atoms with Crippen molar-refractivity contribution in [1.82, 2.24) is 0 Å². The maximum atomic E-state index is 8.58. The summed E-state index contributed by atoms with van der Waals surface area (Å²) in [5, 5.41) is 51.5. The van der Waals surface area contributed by atoms with Crippen LogP contribution in [-0.2, 0) is 44.9 Å². The summed E-state index contributed by atoms with van der Waals surface area (Å²) in [6.07, 6.45) is 0. The molecule has 0 N–H and O–H groups in total. The molecule has 1 radical (unpaired) electrons. The van der Waals surface area contributed by atoms with Gasteiger partial charge in [0.15, 0.2) is 0 Å². The zero-order valence-electron chi connectivity index (χ0n) is 6.77. The van der Waals surface area contributed by atoms with Crippen LogP contribution in [0.15, 0.2) is 0 Å². The second-order valence-corrected chi connectivity index (χ2v) is 7.42. The first kappa shape index (κ1) is 24.6. The Hall–Kier alpha value is -0.502. The minimum atomic E-state index is -6.17. The fourth-order valence-electron chi connectivity index (χ4n) is 0.265. The molecule has 79 valence electrons. The Bertz CT molecular complexity index is 401. The quantitative estimate of drug-likeness (QED) is 0.538. The standard InChI is InChI=1S/6CN.2Fe.Mn.Na.H/c6*1-2;;;;;. The van der Waals surface area contributed by atoms with Crippen LogP contribution < -0.4 is 0 Å². The van der Waals surface area contributed by atoms with Gasteiger partial charge in [0, 0.05) is 34.1 Å². The van der Waals surface area contributed by atoms with Gasteiger partial charge in [-0.1, -0.05) is 0 Å². The van der Waals surface area contributed by atoms with E-state index >= 15 is 0 Å². The summed E-state index contributed by atoms with van der Waals surface area (Å²) >= 11 is 0. The van der Waals surface area contributed by atoms with Crippen LogP contribution in [0.1, 0.15) is 0 Å². The Morgan fingerprint density at radius 2 is 0.688 bits per heavy atom. The molecule has 0 saturated carbocycles. The van der Waals surface area contributed by atoms with Crippen molar-refractivity contribution in [1.29, 1.82) is 31.6 Å². The van der Waals surface area contributed by atoms with E-state index in [0.29, 0.717) is 0 Å². The maximum absolute atomic E-state index is 8.58. The van der Waals surface area contributed by atoms with E-state index in [9.17, 15) is 0 Å². The average molecular weight is 347 g/mol. The number of nitrogens with zero attached hydrogens (tertiary/aromatic N) is 6. The molecule has 0 amide bonds. The fourth-order valence-corrected chi connectivity index (χ4v) is 1.09. The predicted octanol–water partition coefficient (Wildman–Crippen LogP) is -0.555. The van der Waals surface area contributed by atoms with Gasteiger partial charge in [0.05, 0.1) is 0 Å². The second kappa shape index (κ2) is 6.29. The molecule has 0 aromatic heterocycles. The van der Waals surface area contributed by atoms with Gasteiger partial charge in [0.1, 0.15) is 0 Å². The van der Waals surface area contributed by atoms with E-state index in [2.05, 4.69) is 0 Å². The Labute approximate surface area is 134 Å². The zero-order valence-corrected chi connectivity index (χ0v) is 10.2. The molecule has 6 nitrogen and oxygen atoms in total. The average Bonchev–Trinajstić information content (AvgIpc) is 2.26.